The molecule has 1 atom stereocenters. The molecule has 0 heterocycles. The van der Waals surface area contributed by atoms with E-state index in [4.69, 9.17) is 10.2 Å². The van der Waals surface area contributed by atoms with Gasteiger partial charge in [-0.3, -0.25) is 10.1 Å². The standard InChI is InChI=1S/C14H20N2O5/c1-14(2,3)12(6-7-17)15-9-4-5-11(16(20)21)10(8-9)13(18)19/h4-5,8,12,15,17H,6-7H2,1-3H3,(H,18,19). The lowest BCUT2D eigenvalue weighted by molar-refractivity contribution is -0.385. The van der Waals surface area contributed by atoms with Gasteiger partial charge in [0, 0.05) is 24.4 Å². The fourth-order valence-electron chi connectivity index (χ4n) is 2.01. The molecule has 0 aliphatic heterocycles. The van der Waals surface area contributed by atoms with Crippen LogP contribution in [0.3, 0.4) is 0 Å². The molecule has 3 N–H and O–H groups in total. The molecule has 7 nitrogen and oxygen atoms in total. The Hall–Kier alpha value is -2.15. The van der Waals surface area contributed by atoms with Crippen LogP contribution in [0.1, 0.15) is 37.6 Å². The predicted molar refractivity (Wildman–Crippen MR) is 78.6 cm³/mol. The van der Waals surface area contributed by atoms with Gasteiger partial charge >= 0.3 is 5.97 Å². The number of nitro groups is 1. The zero-order valence-electron chi connectivity index (χ0n) is 12.3. The highest BCUT2D eigenvalue weighted by Gasteiger charge is 2.25. The number of aromatic carboxylic acids is 1. The molecule has 0 bridgehead atoms. The average molecular weight is 296 g/mol. The van der Waals surface area contributed by atoms with E-state index in [1.165, 1.54) is 18.2 Å². The summed E-state index contributed by atoms with van der Waals surface area (Å²) < 4.78 is 0. The minimum atomic E-state index is -1.35. The molecule has 0 aliphatic rings. The van der Waals surface area contributed by atoms with Gasteiger partial charge in [0.15, 0.2) is 0 Å². The van der Waals surface area contributed by atoms with Crippen LogP contribution in [0.25, 0.3) is 0 Å². The Morgan fingerprint density at radius 3 is 2.48 bits per heavy atom. The number of nitrogens with one attached hydrogen (secondary N) is 1. The molecule has 0 aromatic heterocycles. The summed E-state index contributed by atoms with van der Waals surface area (Å²) in [6.45, 7) is 5.96. The monoisotopic (exact) mass is 296 g/mol. The van der Waals surface area contributed by atoms with Crippen LogP contribution in [0.15, 0.2) is 18.2 Å². The molecule has 0 fully saturated rings. The van der Waals surface area contributed by atoms with Crippen LogP contribution in [-0.2, 0) is 0 Å². The maximum absolute atomic E-state index is 11.1. The number of nitro benzene ring substituents is 1. The van der Waals surface area contributed by atoms with E-state index in [9.17, 15) is 14.9 Å². The molecule has 1 unspecified atom stereocenters. The summed E-state index contributed by atoms with van der Waals surface area (Å²) in [7, 11) is 0. The average Bonchev–Trinajstić information content (AvgIpc) is 2.36. The Bertz CT molecular complexity index is 537. The van der Waals surface area contributed by atoms with Gasteiger partial charge in [0.1, 0.15) is 5.56 Å². The number of nitrogens with zero attached hydrogens (tertiary/aromatic N) is 1. The molecular weight excluding hydrogens is 276 g/mol. The van der Waals surface area contributed by atoms with Crippen LogP contribution < -0.4 is 5.32 Å². The Balaban J connectivity index is 3.11. The summed E-state index contributed by atoms with van der Waals surface area (Å²) in [5.74, 6) is -1.35. The van der Waals surface area contributed by atoms with E-state index in [1.54, 1.807) is 0 Å². The van der Waals surface area contributed by atoms with E-state index >= 15 is 0 Å². The van der Waals surface area contributed by atoms with Gasteiger partial charge in [-0.25, -0.2) is 4.79 Å². The van der Waals surface area contributed by atoms with Gasteiger partial charge in [-0.15, -0.1) is 0 Å². The zero-order chi connectivity index (χ0) is 16.2. The van der Waals surface area contributed by atoms with Crippen molar-refractivity contribution in [1.29, 1.82) is 0 Å². The Morgan fingerprint density at radius 1 is 1.43 bits per heavy atom. The predicted octanol–water partition coefficient (Wildman–Crippen LogP) is 2.50. The number of hydrogen-bond donors (Lipinski definition) is 3. The van der Waals surface area contributed by atoms with Crippen molar-refractivity contribution >= 4 is 17.3 Å². The number of anilines is 1. The van der Waals surface area contributed by atoms with Crippen molar-refractivity contribution in [3.05, 3.63) is 33.9 Å². The van der Waals surface area contributed by atoms with Gasteiger partial charge in [-0.1, -0.05) is 20.8 Å². The second-order valence-electron chi connectivity index (χ2n) is 5.87. The smallest absolute Gasteiger partial charge is 0.342 e. The molecule has 0 amide bonds. The van der Waals surface area contributed by atoms with Crippen molar-refractivity contribution in [1.82, 2.24) is 0 Å². The van der Waals surface area contributed by atoms with Crippen molar-refractivity contribution in [2.24, 2.45) is 5.41 Å². The van der Waals surface area contributed by atoms with E-state index in [-0.39, 0.29) is 23.6 Å². The number of carboxylic acids is 1. The molecule has 0 spiro atoms. The van der Waals surface area contributed by atoms with E-state index in [0.717, 1.165) is 0 Å². The summed E-state index contributed by atoms with van der Waals surface area (Å²) >= 11 is 0. The minimum Gasteiger partial charge on any atom is -0.477 e. The number of aliphatic hydroxyl groups is 1. The molecule has 1 rings (SSSR count). The first-order chi connectivity index (χ1) is 9.66. The minimum absolute atomic E-state index is 0.00624. The molecule has 1 aromatic rings. The first-order valence-electron chi connectivity index (χ1n) is 6.56. The third-order valence-corrected chi connectivity index (χ3v) is 3.23. The van der Waals surface area contributed by atoms with Crippen molar-refractivity contribution < 1.29 is 19.9 Å². The van der Waals surface area contributed by atoms with Crippen molar-refractivity contribution in [2.45, 2.75) is 33.2 Å². The lowest BCUT2D eigenvalue weighted by Crippen LogP contribution is -2.34. The Kier molecular flexibility index (Phi) is 5.26. The highest BCUT2D eigenvalue weighted by Crippen LogP contribution is 2.28. The number of benzene rings is 1. The molecule has 7 heteroatoms. The summed E-state index contributed by atoms with van der Waals surface area (Å²) in [5.41, 5.74) is -0.482. The van der Waals surface area contributed by atoms with Crippen LogP contribution in [0.4, 0.5) is 11.4 Å². The second-order valence-corrected chi connectivity index (χ2v) is 5.87. The number of rotatable bonds is 6. The summed E-state index contributed by atoms with van der Waals surface area (Å²) in [6.07, 6.45) is 0.489. The fraction of sp³-hybridized carbons (Fsp3) is 0.500. The largest absolute Gasteiger partial charge is 0.477 e. The zero-order valence-corrected chi connectivity index (χ0v) is 12.3. The molecular formula is C14H20N2O5. The first kappa shape index (κ1) is 16.9. The van der Waals surface area contributed by atoms with Crippen molar-refractivity contribution in [3.63, 3.8) is 0 Å². The van der Waals surface area contributed by atoms with Gasteiger partial charge in [0.05, 0.1) is 4.92 Å². The topological polar surface area (TPSA) is 113 Å². The Morgan fingerprint density at radius 2 is 2.05 bits per heavy atom. The fourth-order valence-corrected chi connectivity index (χ4v) is 2.01. The molecule has 0 saturated carbocycles. The highest BCUT2D eigenvalue weighted by molar-refractivity contribution is 5.93. The molecule has 0 saturated heterocycles. The van der Waals surface area contributed by atoms with E-state index in [2.05, 4.69) is 5.32 Å². The number of carboxylic acid groups (broad SMARTS) is 1. The van der Waals surface area contributed by atoms with Gasteiger partial charge in [0.25, 0.3) is 5.69 Å². The van der Waals surface area contributed by atoms with Crippen molar-refractivity contribution in [3.8, 4) is 0 Å². The van der Waals surface area contributed by atoms with Crippen LogP contribution in [0, 0.1) is 15.5 Å². The van der Waals surface area contributed by atoms with Gasteiger partial charge < -0.3 is 15.5 Å². The second kappa shape index (κ2) is 6.53. The number of hydrogen-bond acceptors (Lipinski definition) is 5. The SMILES string of the molecule is CC(C)(C)C(CCO)Nc1ccc([N+](=O)[O-])c(C(=O)O)c1. The summed E-state index contributed by atoms with van der Waals surface area (Å²) in [5, 5.41) is 32.1. The van der Waals surface area contributed by atoms with Crippen LogP contribution in [-0.4, -0.2) is 33.8 Å². The molecule has 0 radical (unpaired) electrons. The Labute approximate surface area is 122 Å². The molecule has 21 heavy (non-hydrogen) atoms. The third kappa shape index (κ3) is 4.42. The lowest BCUT2D eigenvalue weighted by Gasteiger charge is -2.32. The summed E-state index contributed by atoms with van der Waals surface area (Å²) in [6, 6.07) is 3.80. The third-order valence-electron chi connectivity index (χ3n) is 3.23. The van der Waals surface area contributed by atoms with Gasteiger partial charge in [-0.05, 0) is 24.0 Å². The molecule has 1 aromatic carbocycles. The van der Waals surface area contributed by atoms with Gasteiger partial charge in [0.2, 0.25) is 0 Å². The normalized spacial score (nSPS) is 12.8. The van der Waals surface area contributed by atoms with Gasteiger partial charge in [-0.2, -0.15) is 0 Å². The van der Waals surface area contributed by atoms with Crippen molar-refractivity contribution in [2.75, 3.05) is 11.9 Å². The van der Waals surface area contributed by atoms with E-state index in [0.29, 0.717) is 12.1 Å². The van der Waals surface area contributed by atoms with Crippen LogP contribution in [0.5, 0.6) is 0 Å². The maximum Gasteiger partial charge on any atom is 0.342 e. The van der Waals surface area contributed by atoms with E-state index in [1.807, 2.05) is 20.8 Å². The van der Waals surface area contributed by atoms with E-state index < -0.39 is 16.6 Å². The number of aliphatic hydroxyl groups excluding tert-OH is 1. The summed E-state index contributed by atoms with van der Waals surface area (Å²) in [4.78, 5) is 21.2. The van der Waals surface area contributed by atoms with Crippen LogP contribution in [0.2, 0.25) is 0 Å². The first-order valence-corrected chi connectivity index (χ1v) is 6.56. The molecule has 0 aliphatic carbocycles. The molecule has 116 valence electrons. The van der Waals surface area contributed by atoms with Crippen LogP contribution >= 0.6 is 0 Å². The highest BCUT2D eigenvalue weighted by atomic mass is 16.6. The maximum atomic E-state index is 11.1. The quantitative estimate of drug-likeness (QED) is 0.549. The lowest BCUT2D eigenvalue weighted by atomic mass is 9.84. The number of carbonyl (C=O) groups is 1.